The third kappa shape index (κ3) is 2.34. The van der Waals surface area contributed by atoms with E-state index in [1.807, 2.05) is 0 Å². The zero-order valence-electron chi connectivity index (χ0n) is 9.59. The summed E-state index contributed by atoms with van der Waals surface area (Å²) < 4.78 is 31.2. The fourth-order valence-corrected chi connectivity index (χ4v) is 3.37. The van der Waals surface area contributed by atoms with Crippen LogP contribution >= 0.6 is 0 Å². The molecule has 7 nitrogen and oxygen atoms in total. The van der Waals surface area contributed by atoms with Crippen LogP contribution in [0.2, 0.25) is 0 Å². The molecule has 8 heteroatoms. The van der Waals surface area contributed by atoms with E-state index in [1.165, 1.54) is 10.5 Å². The highest BCUT2D eigenvalue weighted by Crippen LogP contribution is 2.18. The molecule has 1 fully saturated rings. The molecule has 2 heterocycles. The number of nitrogens with zero attached hydrogens (tertiary/aromatic N) is 2. The quantitative estimate of drug-likeness (QED) is 0.731. The van der Waals surface area contributed by atoms with Gasteiger partial charge in [0.15, 0.2) is 5.03 Å². The fraction of sp³-hybridized carbons (Fsp3) is 0.667. The Bertz CT molecular complexity index is 484. The van der Waals surface area contributed by atoms with Crippen LogP contribution in [0.25, 0.3) is 0 Å². The number of nitrogens with two attached hydrogens (primary N) is 1. The van der Waals surface area contributed by atoms with E-state index in [2.05, 4.69) is 9.97 Å². The number of nitrogens with one attached hydrogen (secondary N) is 1. The molecule has 1 aliphatic heterocycles. The molecule has 0 aromatic carbocycles. The predicted octanol–water partition coefficient (Wildman–Crippen LogP) is -0.934. The first-order valence-corrected chi connectivity index (χ1v) is 6.81. The van der Waals surface area contributed by atoms with E-state index in [0.29, 0.717) is 25.6 Å². The van der Waals surface area contributed by atoms with Crippen LogP contribution < -0.4 is 5.73 Å². The molecular weight excluding hydrogens is 244 g/mol. The monoisotopic (exact) mass is 260 g/mol. The molecule has 1 saturated heterocycles. The van der Waals surface area contributed by atoms with Crippen molar-refractivity contribution >= 4 is 10.0 Å². The van der Waals surface area contributed by atoms with Gasteiger partial charge in [-0.1, -0.05) is 0 Å². The SMILES string of the molecule is Cc1ncc(S(=O)(=O)N2CCOCC2CN)[nH]1. The summed E-state index contributed by atoms with van der Waals surface area (Å²) in [5, 5.41) is 0.107. The van der Waals surface area contributed by atoms with Crippen molar-refractivity contribution in [3.8, 4) is 0 Å². The predicted molar refractivity (Wildman–Crippen MR) is 60.9 cm³/mol. The molecule has 1 aromatic rings. The van der Waals surface area contributed by atoms with E-state index >= 15 is 0 Å². The zero-order valence-corrected chi connectivity index (χ0v) is 10.4. The molecule has 1 unspecified atom stereocenters. The van der Waals surface area contributed by atoms with E-state index < -0.39 is 10.0 Å². The number of imidazole rings is 1. The summed E-state index contributed by atoms with van der Waals surface area (Å²) in [7, 11) is -3.55. The van der Waals surface area contributed by atoms with Gasteiger partial charge in [-0.25, -0.2) is 13.4 Å². The molecule has 0 bridgehead atoms. The topological polar surface area (TPSA) is 101 Å². The second-order valence-electron chi connectivity index (χ2n) is 3.91. The normalized spacial score (nSPS) is 22.8. The largest absolute Gasteiger partial charge is 0.378 e. The van der Waals surface area contributed by atoms with Crippen molar-refractivity contribution in [2.24, 2.45) is 5.73 Å². The molecule has 2 rings (SSSR count). The number of hydrogen-bond donors (Lipinski definition) is 2. The lowest BCUT2D eigenvalue weighted by Crippen LogP contribution is -2.51. The molecular formula is C9H16N4O3S. The van der Waals surface area contributed by atoms with Crippen molar-refractivity contribution < 1.29 is 13.2 Å². The summed E-state index contributed by atoms with van der Waals surface area (Å²) in [5.41, 5.74) is 5.56. The number of aromatic nitrogens is 2. The van der Waals surface area contributed by atoms with Crippen LogP contribution in [0.4, 0.5) is 0 Å². The minimum absolute atomic E-state index is 0.107. The van der Waals surface area contributed by atoms with Crippen molar-refractivity contribution in [2.45, 2.75) is 18.0 Å². The molecule has 3 N–H and O–H groups in total. The minimum Gasteiger partial charge on any atom is -0.378 e. The van der Waals surface area contributed by atoms with E-state index in [1.54, 1.807) is 6.92 Å². The number of aryl methyl sites for hydroxylation is 1. The fourth-order valence-electron chi connectivity index (χ4n) is 1.80. The van der Waals surface area contributed by atoms with Gasteiger partial charge in [-0.3, -0.25) is 0 Å². The molecule has 1 aromatic heterocycles. The van der Waals surface area contributed by atoms with Gasteiger partial charge in [0.25, 0.3) is 10.0 Å². The Hall–Kier alpha value is -0.960. The number of morpholine rings is 1. The number of rotatable bonds is 3. The highest BCUT2D eigenvalue weighted by Gasteiger charge is 2.34. The molecule has 0 saturated carbocycles. The second kappa shape index (κ2) is 4.73. The van der Waals surface area contributed by atoms with E-state index in [-0.39, 0.29) is 17.6 Å². The molecule has 17 heavy (non-hydrogen) atoms. The first-order chi connectivity index (χ1) is 8.05. The number of aromatic amines is 1. The van der Waals surface area contributed by atoms with E-state index in [9.17, 15) is 8.42 Å². The van der Waals surface area contributed by atoms with E-state index in [4.69, 9.17) is 10.5 Å². The molecule has 0 radical (unpaired) electrons. The van der Waals surface area contributed by atoms with Crippen LogP contribution in [0.1, 0.15) is 5.82 Å². The highest BCUT2D eigenvalue weighted by molar-refractivity contribution is 7.89. The Kier molecular flexibility index (Phi) is 3.48. The summed E-state index contributed by atoms with van der Waals surface area (Å²) in [5.74, 6) is 0.570. The lowest BCUT2D eigenvalue weighted by Gasteiger charge is -2.33. The minimum atomic E-state index is -3.55. The maximum absolute atomic E-state index is 12.3. The molecule has 1 atom stereocenters. The maximum atomic E-state index is 12.3. The number of ether oxygens (including phenoxy) is 1. The van der Waals surface area contributed by atoms with Crippen LogP contribution in [-0.4, -0.2) is 55.0 Å². The number of H-pyrrole nitrogens is 1. The van der Waals surface area contributed by atoms with Crippen LogP contribution in [0.3, 0.4) is 0 Å². The second-order valence-corrected chi connectivity index (χ2v) is 5.77. The van der Waals surface area contributed by atoms with Crippen LogP contribution in [0, 0.1) is 6.92 Å². The summed E-state index contributed by atoms with van der Waals surface area (Å²) in [6, 6.07) is -0.308. The Morgan fingerprint density at radius 1 is 1.71 bits per heavy atom. The zero-order chi connectivity index (χ0) is 12.5. The maximum Gasteiger partial charge on any atom is 0.260 e. The molecule has 0 amide bonds. The average Bonchev–Trinajstić information content (AvgIpc) is 2.76. The average molecular weight is 260 g/mol. The lowest BCUT2D eigenvalue weighted by molar-refractivity contribution is 0.0357. The van der Waals surface area contributed by atoms with Crippen molar-refractivity contribution in [1.82, 2.24) is 14.3 Å². The Morgan fingerprint density at radius 2 is 2.47 bits per heavy atom. The first kappa shape index (κ1) is 12.5. The number of hydrogen-bond acceptors (Lipinski definition) is 5. The van der Waals surface area contributed by atoms with Gasteiger partial charge in [0.1, 0.15) is 5.82 Å². The summed E-state index contributed by atoms with van der Waals surface area (Å²) in [4.78, 5) is 6.64. The highest BCUT2D eigenvalue weighted by atomic mass is 32.2. The third-order valence-corrected chi connectivity index (χ3v) is 4.57. The van der Waals surface area contributed by atoms with Crippen molar-refractivity contribution in [1.29, 1.82) is 0 Å². The van der Waals surface area contributed by atoms with Crippen molar-refractivity contribution in [3.05, 3.63) is 12.0 Å². The van der Waals surface area contributed by atoms with Crippen molar-refractivity contribution in [2.75, 3.05) is 26.3 Å². The molecule has 0 aliphatic carbocycles. The van der Waals surface area contributed by atoms with Gasteiger partial charge >= 0.3 is 0 Å². The molecule has 1 aliphatic rings. The van der Waals surface area contributed by atoms with Gasteiger partial charge in [0.2, 0.25) is 0 Å². The number of sulfonamides is 1. The third-order valence-electron chi connectivity index (χ3n) is 2.71. The standard InChI is InChI=1S/C9H16N4O3S/c1-7-11-5-9(12-7)17(14,15)13-2-3-16-6-8(13)4-10/h5,8H,2-4,6,10H2,1H3,(H,11,12). The summed E-state index contributed by atoms with van der Waals surface area (Å²) >= 11 is 0. The van der Waals surface area contributed by atoms with Crippen molar-refractivity contribution in [3.63, 3.8) is 0 Å². The lowest BCUT2D eigenvalue weighted by atomic mass is 10.3. The summed E-state index contributed by atoms with van der Waals surface area (Å²) in [6.07, 6.45) is 1.33. The van der Waals surface area contributed by atoms with Gasteiger partial charge in [0, 0.05) is 13.1 Å². The summed E-state index contributed by atoms with van der Waals surface area (Å²) in [6.45, 7) is 3.00. The Morgan fingerprint density at radius 3 is 3.06 bits per heavy atom. The van der Waals surface area contributed by atoms with Gasteiger partial charge in [-0.15, -0.1) is 0 Å². The molecule has 96 valence electrons. The molecule has 0 spiro atoms. The van der Waals surface area contributed by atoms with Crippen LogP contribution in [0.5, 0.6) is 0 Å². The van der Waals surface area contributed by atoms with Crippen LogP contribution in [0.15, 0.2) is 11.2 Å². The first-order valence-electron chi connectivity index (χ1n) is 5.37. The van der Waals surface area contributed by atoms with Gasteiger partial charge < -0.3 is 15.5 Å². The van der Waals surface area contributed by atoms with Gasteiger partial charge in [-0.05, 0) is 6.92 Å². The Labute approximate surface area is 100 Å². The Balaban J connectivity index is 2.30. The van der Waals surface area contributed by atoms with Crippen LogP contribution in [-0.2, 0) is 14.8 Å². The van der Waals surface area contributed by atoms with Gasteiger partial charge in [-0.2, -0.15) is 4.31 Å². The van der Waals surface area contributed by atoms with E-state index in [0.717, 1.165) is 0 Å². The van der Waals surface area contributed by atoms with Gasteiger partial charge in [0.05, 0.1) is 25.5 Å². The smallest absolute Gasteiger partial charge is 0.260 e.